The van der Waals surface area contributed by atoms with Gasteiger partial charge in [-0.15, -0.1) is 24.8 Å². The van der Waals surface area contributed by atoms with Crippen LogP contribution in [0.25, 0.3) is 11.0 Å². The van der Waals surface area contributed by atoms with Gasteiger partial charge in [-0.1, -0.05) is 6.92 Å². The first-order valence-electron chi connectivity index (χ1n) is 9.58. The number of hydrogen-bond acceptors (Lipinski definition) is 4. The summed E-state index contributed by atoms with van der Waals surface area (Å²) in [6.07, 6.45) is 3.29. The quantitative estimate of drug-likeness (QED) is 0.652. The molecule has 6 nitrogen and oxygen atoms in total. The van der Waals surface area contributed by atoms with Crippen molar-refractivity contribution in [1.82, 2.24) is 15.3 Å². The number of halogens is 2. The summed E-state index contributed by atoms with van der Waals surface area (Å²) in [5.74, 6) is 0.810. The fourth-order valence-corrected chi connectivity index (χ4v) is 3.57. The van der Waals surface area contributed by atoms with Crippen molar-refractivity contribution in [3.63, 3.8) is 0 Å². The van der Waals surface area contributed by atoms with Crippen LogP contribution in [0.4, 0.5) is 0 Å². The van der Waals surface area contributed by atoms with Crippen LogP contribution < -0.4 is 11.1 Å². The van der Waals surface area contributed by atoms with E-state index < -0.39 is 0 Å². The molecule has 1 aliphatic rings. The summed E-state index contributed by atoms with van der Waals surface area (Å²) in [6.45, 7) is 7.35. The molecule has 1 fully saturated rings. The third-order valence-electron chi connectivity index (χ3n) is 5.33. The van der Waals surface area contributed by atoms with Gasteiger partial charge >= 0.3 is 0 Å². The van der Waals surface area contributed by atoms with E-state index in [2.05, 4.69) is 48.2 Å². The summed E-state index contributed by atoms with van der Waals surface area (Å²) in [5.41, 5.74) is 10.5. The third kappa shape index (κ3) is 5.83. The van der Waals surface area contributed by atoms with E-state index in [4.69, 9.17) is 10.5 Å². The Hall–Kier alpha value is -1.34. The Bertz CT molecular complexity index is 742. The van der Waals surface area contributed by atoms with E-state index in [1.165, 1.54) is 11.1 Å². The third-order valence-corrected chi connectivity index (χ3v) is 5.33. The number of nitrogens with zero attached hydrogens (tertiary/aromatic N) is 1. The Morgan fingerprint density at radius 3 is 2.71 bits per heavy atom. The Morgan fingerprint density at radius 2 is 2.00 bits per heavy atom. The largest absolute Gasteiger partial charge is 0.377 e. The lowest BCUT2D eigenvalue weighted by Crippen LogP contribution is -2.45. The van der Waals surface area contributed by atoms with Crippen LogP contribution in [0.15, 0.2) is 12.1 Å². The molecule has 0 aliphatic heterocycles. The molecule has 1 aromatic heterocycles. The minimum Gasteiger partial charge on any atom is -0.377 e. The van der Waals surface area contributed by atoms with E-state index in [0.717, 1.165) is 36.1 Å². The second kappa shape index (κ2) is 11.0. The van der Waals surface area contributed by atoms with Gasteiger partial charge in [-0.25, -0.2) is 4.98 Å². The molecule has 158 valence electrons. The van der Waals surface area contributed by atoms with Crippen LogP contribution in [-0.2, 0) is 16.1 Å². The van der Waals surface area contributed by atoms with Crippen LogP contribution in [-0.4, -0.2) is 34.6 Å². The molecule has 3 rings (SSSR count). The maximum atomic E-state index is 12.6. The van der Waals surface area contributed by atoms with Crippen molar-refractivity contribution in [3.8, 4) is 0 Å². The highest BCUT2D eigenvalue weighted by molar-refractivity contribution is 5.85. The van der Waals surface area contributed by atoms with Crippen molar-refractivity contribution in [3.05, 3.63) is 29.1 Å². The van der Waals surface area contributed by atoms with Gasteiger partial charge in [-0.05, 0) is 62.8 Å². The van der Waals surface area contributed by atoms with E-state index in [-0.39, 0.29) is 48.8 Å². The molecule has 1 aromatic carbocycles. The van der Waals surface area contributed by atoms with E-state index in [1.807, 2.05) is 0 Å². The molecule has 8 heteroatoms. The molecule has 2 aromatic rings. The smallest absolute Gasteiger partial charge is 0.223 e. The lowest BCUT2D eigenvalue weighted by atomic mass is 9.83. The lowest BCUT2D eigenvalue weighted by molar-refractivity contribution is -0.128. The van der Waals surface area contributed by atoms with Crippen LogP contribution in [0, 0.1) is 19.8 Å². The highest BCUT2D eigenvalue weighted by Gasteiger charge is 2.32. The molecule has 4 N–H and O–H groups in total. The molecule has 1 heterocycles. The van der Waals surface area contributed by atoms with Crippen molar-refractivity contribution in [1.29, 1.82) is 0 Å². The van der Waals surface area contributed by atoms with E-state index in [0.29, 0.717) is 19.6 Å². The molecular formula is C20H32Cl2N4O2. The lowest BCUT2D eigenvalue weighted by Gasteiger charge is -2.33. The number of aromatic amines is 1. The fraction of sp³-hybridized carbons (Fsp3) is 0.600. The number of amides is 1. The van der Waals surface area contributed by atoms with Gasteiger partial charge in [0.1, 0.15) is 5.82 Å². The summed E-state index contributed by atoms with van der Waals surface area (Å²) < 4.78 is 5.83. The number of carbonyl (C=O) groups excluding carboxylic acids is 1. The van der Waals surface area contributed by atoms with Gasteiger partial charge in [-0.3, -0.25) is 4.79 Å². The number of ether oxygens (including phenoxy) is 1. The monoisotopic (exact) mass is 430 g/mol. The van der Waals surface area contributed by atoms with E-state index >= 15 is 0 Å². The minimum absolute atomic E-state index is 0. The van der Waals surface area contributed by atoms with Crippen LogP contribution >= 0.6 is 24.8 Å². The van der Waals surface area contributed by atoms with Crippen LogP contribution in [0.5, 0.6) is 0 Å². The zero-order chi connectivity index (χ0) is 18.7. The summed E-state index contributed by atoms with van der Waals surface area (Å²) in [7, 11) is 0. The number of benzene rings is 1. The SMILES string of the molecule is CCCO[C@@H]1C[C@@H](C(=O)NCc2nc3cc(C)c(C)cc3[nH]2)CC[C@H]1N.Cl.Cl. The van der Waals surface area contributed by atoms with Gasteiger partial charge in [-0.2, -0.15) is 0 Å². The molecule has 1 aliphatic carbocycles. The molecule has 1 amide bonds. The molecule has 0 radical (unpaired) electrons. The molecule has 0 unspecified atom stereocenters. The van der Waals surface area contributed by atoms with Crippen LogP contribution in [0.1, 0.15) is 49.6 Å². The van der Waals surface area contributed by atoms with Gasteiger partial charge in [0.15, 0.2) is 0 Å². The Morgan fingerprint density at radius 1 is 1.29 bits per heavy atom. The fourth-order valence-electron chi connectivity index (χ4n) is 3.57. The summed E-state index contributed by atoms with van der Waals surface area (Å²) in [6, 6.07) is 4.21. The highest BCUT2D eigenvalue weighted by atomic mass is 35.5. The van der Waals surface area contributed by atoms with Crippen molar-refractivity contribution in [2.45, 2.75) is 65.1 Å². The van der Waals surface area contributed by atoms with Crippen molar-refractivity contribution >= 4 is 41.8 Å². The number of fused-ring (bicyclic) bond motifs is 1. The number of nitrogens with one attached hydrogen (secondary N) is 2. The standard InChI is InChI=1S/C20H30N4O2.2ClH/c1-4-7-26-18-10-14(5-6-15(18)21)20(25)22-11-19-23-16-8-12(2)13(3)9-17(16)24-19;;/h8-9,14-15,18H,4-7,10-11,21H2,1-3H3,(H,22,25)(H,23,24);2*1H/t14-,15+,18+;;/m0../s1. The zero-order valence-electron chi connectivity index (χ0n) is 16.8. The Kier molecular flexibility index (Phi) is 9.70. The van der Waals surface area contributed by atoms with Gasteiger partial charge < -0.3 is 20.8 Å². The average Bonchev–Trinajstić information content (AvgIpc) is 3.01. The first kappa shape index (κ1) is 24.7. The molecule has 28 heavy (non-hydrogen) atoms. The molecule has 1 saturated carbocycles. The average molecular weight is 431 g/mol. The second-order valence-corrected chi connectivity index (χ2v) is 7.44. The van der Waals surface area contributed by atoms with Gasteiger partial charge in [0.2, 0.25) is 5.91 Å². The van der Waals surface area contributed by atoms with Gasteiger partial charge in [0, 0.05) is 18.6 Å². The number of carbonyl (C=O) groups is 1. The van der Waals surface area contributed by atoms with Crippen LogP contribution in [0.2, 0.25) is 0 Å². The maximum Gasteiger partial charge on any atom is 0.223 e. The number of H-pyrrole nitrogens is 1. The predicted molar refractivity (Wildman–Crippen MR) is 117 cm³/mol. The Labute approximate surface area is 179 Å². The topological polar surface area (TPSA) is 93.0 Å². The summed E-state index contributed by atoms with van der Waals surface area (Å²) in [4.78, 5) is 20.5. The number of imidazole rings is 1. The highest BCUT2D eigenvalue weighted by Crippen LogP contribution is 2.26. The number of aryl methyl sites for hydroxylation is 2. The zero-order valence-corrected chi connectivity index (χ0v) is 18.4. The molecule has 0 spiro atoms. The Balaban J connectivity index is 0.00000196. The van der Waals surface area contributed by atoms with Crippen molar-refractivity contribution in [2.75, 3.05) is 6.61 Å². The van der Waals surface area contributed by atoms with Crippen molar-refractivity contribution < 1.29 is 9.53 Å². The molecule has 0 saturated heterocycles. The molecular weight excluding hydrogens is 399 g/mol. The number of rotatable bonds is 6. The van der Waals surface area contributed by atoms with E-state index in [9.17, 15) is 4.79 Å². The number of hydrogen-bond donors (Lipinski definition) is 3. The number of nitrogens with two attached hydrogens (primary N) is 1. The molecule has 3 atom stereocenters. The first-order chi connectivity index (χ1) is 12.5. The van der Waals surface area contributed by atoms with Crippen molar-refractivity contribution in [2.24, 2.45) is 11.7 Å². The summed E-state index contributed by atoms with van der Waals surface area (Å²) >= 11 is 0. The second-order valence-electron chi connectivity index (χ2n) is 7.44. The normalized spacial score (nSPS) is 21.6. The minimum atomic E-state index is -0.0366. The van der Waals surface area contributed by atoms with E-state index in [1.54, 1.807) is 0 Å². The predicted octanol–water partition coefficient (Wildman–Crippen LogP) is 3.56. The molecule has 0 bridgehead atoms. The maximum absolute atomic E-state index is 12.6. The van der Waals surface area contributed by atoms with Gasteiger partial charge in [0.25, 0.3) is 0 Å². The first-order valence-corrected chi connectivity index (χ1v) is 9.58. The van der Waals surface area contributed by atoms with Gasteiger partial charge in [0.05, 0.1) is 23.7 Å². The number of aromatic nitrogens is 2. The summed E-state index contributed by atoms with van der Waals surface area (Å²) in [5, 5.41) is 3.02. The van der Waals surface area contributed by atoms with Crippen LogP contribution in [0.3, 0.4) is 0 Å².